The summed E-state index contributed by atoms with van der Waals surface area (Å²) in [6, 6.07) is 12.8. The summed E-state index contributed by atoms with van der Waals surface area (Å²) in [5.41, 5.74) is 7.08. The van der Waals surface area contributed by atoms with Gasteiger partial charge in [0.25, 0.3) is 5.91 Å². The number of nitrogens with zero attached hydrogens (tertiary/aromatic N) is 1. The van der Waals surface area contributed by atoms with E-state index in [1.165, 1.54) is 22.3 Å². The molecule has 0 spiro atoms. The predicted molar refractivity (Wildman–Crippen MR) is 112 cm³/mol. The van der Waals surface area contributed by atoms with Gasteiger partial charge in [-0.2, -0.15) is 0 Å². The molecule has 1 fully saturated rings. The largest absolute Gasteiger partial charge is 0.376 e. The maximum atomic E-state index is 12.8. The zero-order chi connectivity index (χ0) is 19.5. The Labute approximate surface area is 167 Å². The maximum absolute atomic E-state index is 12.8. The van der Waals surface area contributed by atoms with Crippen LogP contribution in [-0.2, 0) is 30.7 Å². The standard InChI is InChI=1S/C24H30N2O2/c1-17-11-21-7-4-8-22(21)23(12-17)24(27)25-14-19-5-3-6-20(13-19)16-26-9-10-28-18(2)15-26/h3,5-6,11-13,18H,4,7-10,14-16H2,1-2H3,(H,25,27). The van der Waals surface area contributed by atoms with Gasteiger partial charge in [0.15, 0.2) is 0 Å². The molecule has 0 bridgehead atoms. The van der Waals surface area contributed by atoms with Gasteiger partial charge in [-0.15, -0.1) is 0 Å². The fourth-order valence-electron chi connectivity index (χ4n) is 4.48. The Balaban J connectivity index is 1.39. The van der Waals surface area contributed by atoms with Crippen LogP contribution in [-0.4, -0.2) is 36.6 Å². The molecule has 28 heavy (non-hydrogen) atoms. The van der Waals surface area contributed by atoms with E-state index in [2.05, 4.69) is 54.4 Å². The molecule has 0 saturated carbocycles. The summed E-state index contributed by atoms with van der Waals surface area (Å²) in [5.74, 6) is 0.0502. The molecule has 2 aromatic rings. The van der Waals surface area contributed by atoms with E-state index in [-0.39, 0.29) is 5.91 Å². The minimum atomic E-state index is 0.0502. The number of benzene rings is 2. The Morgan fingerprint density at radius 1 is 1.21 bits per heavy atom. The summed E-state index contributed by atoms with van der Waals surface area (Å²) in [6.45, 7) is 8.45. The van der Waals surface area contributed by atoms with Crippen LogP contribution in [0.2, 0.25) is 0 Å². The molecule has 1 aliphatic heterocycles. The number of hydrogen-bond donors (Lipinski definition) is 1. The molecule has 2 aromatic carbocycles. The van der Waals surface area contributed by atoms with Crippen LogP contribution in [0.1, 0.15) is 51.5 Å². The highest BCUT2D eigenvalue weighted by Crippen LogP contribution is 2.27. The number of carbonyl (C=O) groups excluding carboxylic acids is 1. The monoisotopic (exact) mass is 378 g/mol. The van der Waals surface area contributed by atoms with Crippen LogP contribution in [0.3, 0.4) is 0 Å². The Kier molecular flexibility index (Phi) is 5.79. The average Bonchev–Trinajstić information content (AvgIpc) is 3.14. The van der Waals surface area contributed by atoms with Gasteiger partial charge in [-0.3, -0.25) is 9.69 Å². The lowest BCUT2D eigenvalue weighted by atomic mass is 9.99. The molecule has 0 aromatic heterocycles. The summed E-state index contributed by atoms with van der Waals surface area (Å²) < 4.78 is 5.63. The average molecular weight is 379 g/mol. The second-order valence-corrected chi connectivity index (χ2v) is 8.22. The molecule has 1 heterocycles. The zero-order valence-corrected chi connectivity index (χ0v) is 17.0. The van der Waals surface area contributed by atoms with Crippen molar-refractivity contribution in [2.45, 2.75) is 52.3 Å². The minimum Gasteiger partial charge on any atom is -0.376 e. The Hall–Kier alpha value is -2.17. The number of hydrogen-bond acceptors (Lipinski definition) is 3. The highest BCUT2D eigenvalue weighted by molar-refractivity contribution is 5.96. The first kappa shape index (κ1) is 19.2. The number of morpholine rings is 1. The van der Waals surface area contributed by atoms with E-state index in [1.54, 1.807) is 0 Å². The van der Waals surface area contributed by atoms with Gasteiger partial charge in [0.05, 0.1) is 12.7 Å². The molecule has 1 saturated heterocycles. The fraction of sp³-hybridized carbons (Fsp3) is 0.458. The van der Waals surface area contributed by atoms with Crippen LogP contribution in [0.15, 0.2) is 36.4 Å². The molecule has 4 rings (SSSR count). The number of aryl methyl sites for hydroxylation is 2. The Morgan fingerprint density at radius 3 is 2.93 bits per heavy atom. The Morgan fingerprint density at radius 2 is 2.07 bits per heavy atom. The fourth-order valence-corrected chi connectivity index (χ4v) is 4.48. The van der Waals surface area contributed by atoms with E-state index < -0.39 is 0 Å². The van der Waals surface area contributed by atoms with Gasteiger partial charge in [-0.1, -0.05) is 35.9 Å². The number of carbonyl (C=O) groups is 1. The number of rotatable bonds is 5. The van der Waals surface area contributed by atoms with Gasteiger partial charge in [0.1, 0.15) is 0 Å². The van der Waals surface area contributed by atoms with E-state index in [4.69, 9.17) is 4.74 Å². The number of fused-ring (bicyclic) bond motifs is 1. The molecule has 4 heteroatoms. The van der Waals surface area contributed by atoms with Crippen LogP contribution in [0.25, 0.3) is 0 Å². The van der Waals surface area contributed by atoms with Crippen molar-refractivity contribution in [3.05, 3.63) is 69.8 Å². The molecule has 1 amide bonds. The molecule has 148 valence electrons. The molecular weight excluding hydrogens is 348 g/mol. The lowest BCUT2D eigenvalue weighted by Gasteiger charge is -2.31. The van der Waals surface area contributed by atoms with Crippen molar-refractivity contribution in [1.82, 2.24) is 10.2 Å². The van der Waals surface area contributed by atoms with Gasteiger partial charge in [0, 0.05) is 31.7 Å². The van der Waals surface area contributed by atoms with E-state index in [0.29, 0.717) is 12.6 Å². The molecular formula is C24H30N2O2. The van der Waals surface area contributed by atoms with Crippen LogP contribution in [0.5, 0.6) is 0 Å². The minimum absolute atomic E-state index is 0.0502. The highest BCUT2D eigenvalue weighted by Gasteiger charge is 2.20. The summed E-state index contributed by atoms with van der Waals surface area (Å²) in [5, 5.41) is 3.14. The number of ether oxygens (including phenoxy) is 1. The van der Waals surface area contributed by atoms with Crippen LogP contribution in [0.4, 0.5) is 0 Å². The first-order valence-electron chi connectivity index (χ1n) is 10.4. The molecule has 0 radical (unpaired) electrons. The quantitative estimate of drug-likeness (QED) is 0.864. The van der Waals surface area contributed by atoms with Gasteiger partial charge in [-0.05, 0) is 61.4 Å². The van der Waals surface area contributed by atoms with Crippen molar-refractivity contribution in [2.24, 2.45) is 0 Å². The van der Waals surface area contributed by atoms with Crippen molar-refractivity contribution in [1.29, 1.82) is 0 Å². The molecule has 1 unspecified atom stereocenters. The molecule has 2 aliphatic rings. The smallest absolute Gasteiger partial charge is 0.251 e. The zero-order valence-electron chi connectivity index (χ0n) is 17.0. The second-order valence-electron chi connectivity index (χ2n) is 8.22. The summed E-state index contributed by atoms with van der Waals surface area (Å²) in [6.07, 6.45) is 3.57. The van der Waals surface area contributed by atoms with Crippen molar-refractivity contribution in [2.75, 3.05) is 19.7 Å². The SMILES string of the molecule is Cc1cc2c(c(C(=O)NCc3cccc(CN4CCOC(C)C4)c3)c1)CCC2. The third kappa shape index (κ3) is 4.45. The van der Waals surface area contributed by atoms with E-state index in [9.17, 15) is 4.79 Å². The molecule has 1 aliphatic carbocycles. The normalized spacial score (nSPS) is 19.4. The van der Waals surface area contributed by atoms with E-state index in [0.717, 1.165) is 56.6 Å². The lowest BCUT2D eigenvalue weighted by molar-refractivity contribution is -0.0212. The van der Waals surface area contributed by atoms with Crippen LogP contribution >= 0.6 is 0 Å². The van der Waals surface area contributed by atoms with Crippen LogP contribution in [0, 0.1) is 6.92 Å². The van der Waals surface area contributed by atoms with E-state index in [1.807, 2.05) is 6.07 Å². The second kappa shape index (κ2) is 8.46. The maximum Gasteiger partial charge on any atom is 0.251 e. The van der Waals surface area contributed by atoms with Crippen molar-refractivity contribution in [3.63, 3.8) is 0 Å². The first-order chi connectivity index (χ1) is 13.6. The number of nitrogens with one attached hydrogen (secondary N) is 1. The summed E-state index contributed by atoms with van der Waals surface area (Å²) >= 11 is 0. The third-order valence-corrected chi connectivity index (χ3v) is 5.78. The molecule has 1 N–H and O–H groups in total. The van der Waals surface area contributed by atoms with Gasteiger partial charge in [-0.25, -0.2) is 0 Å². The van der Waals surface area contributed by atoms with Crippen LogP contribution < -0.4 is 5.32 Å². The van der Waals surface area contributed by atoms with E-state index >= 15 is 0 Å². The van der Waals surface area contributed by atoms with Gasteiger partial charge in [0.2, 0.25) is 0 Å². The highest BCUT2D eigenvalue weighted by atomic mass is 16.5. The summed E-state index contributed by atoms with van der Waals surface area (Å²) in [7, 11) is 0. The Bertz CT molecular complexity index is 862. The van der Waals surface area contributed by atoms with Crippen molar-refractivity contribution in [3.8, 4) is 0 Å². The van der Waals surface area contributed by atoms with Crippen molar-refractivity contribution < 1.29 is 9.53 Å². The lowest BCUT2D eigenvalue weighted by Crippen LogP contribution is -2.40. The first-order valence-corrected chi connectivity index (χ1v) is 10.4. The predicted octanol–water partition coefficient (Wildman–Crippen LogP) is 3.63. The number of amides is 1. The van der Waals surface area contributed by atoms with Gasteiger partial charge >= 0.3 is 0 Å². The molecule has 1 atom stereocenters. The van der Waals surface area contributed by atoms with Gasteiger partial charge < -0.3 is 10.1 Å². The van der Waals surface area contributed by atoms with Crippen molar-refractivity contribution >= 4 is 5.91 Å². The topological polar surface area (TPSA) is 41.6 Å². The summed E-state index contributed by atoms with van der Waals surface area (Å²) in [4.78, 5) is 15.3. The third-order valence-electron chi connectivity index (χ3n) is 5.78. The molecule has 4 nitrogen and oxygen atoms in total.